The van der Waals surface area contributed by atoms with Crippen molar-refractivity contribution in [1.29, 1.82) is 0 Å². The summed E-state index contributed by atoms with van der Waals surface area (Å²) >= 11 is 6.12. The molecule has 1 aromatic heterocycles. The molecule has 0 saturated carbocycles. The molecule has 1 N–H and O–H groups in total. The summed E-state index contributed by atoms with van der Waals surface area (Å²) in [6.07, 6.45) is 1.99. The Hall–Kier alpha value is -3.38. The number of rotatable bonds is 7. The quantitative estimate of drug-likeness (QED) is 0.545. The Morgan fingerprint density at radius 1 is 1.10 bits per heavy atom. The summed E-state index contributed by atoms with van der Waals surface area (Å²) in [5.74, 6) is 0.0503. The molecule has 7 heteroatoms. The lowest BCUT2D eigenvalue weighted by Crippen LogP contribution is -2.28. The lowest BCUT2D eigenvalue weighted by Gasteiger charge is -2.16. The van der Waals surface area contributed by atoms with Gasteiger partial charge in [0.2, 0.25) is 0 Å². The molecule has 0 unspecified atom stereocenters. The van der Waals surface area contributed by atoms with Crippen LogP contribution in [0.4, 0.5) is 0 Å². The van der Waals surface area contributed by atoms with E-state index in [1.165, 1.54) is 13.3 Å². The first-order valence-corrected chi connectivity index (χ1v) is 10.1. The van der Waals surface area contributed by atoms with Crippen molar-refractivity contribution < 1.29 is 19.1 Å². The van der Waals surface area contributed by atoms with Crippen LogP contribution in [0.3, 0.4) is 0 Å². The van der Waals surface area contributed by atoms with Gasteiger partial charge in [0.05, 0.1) is 42.1 Å². The lowest BCUT2D eigenvalue weighted by atomic mass is 10.0. The molecule has 0 radical (unpaired) electrons. The predicted octanol–water partition coefficient (Wildman–Crippen LogP) is 4.61. The topological polar surface area (TPSA) is 77.5 Å². The highest BCUT2D eigenvalue weighted by atomic mass is 35.5. The van der Waals surface area contributed by atoms with Crippen LogP contribution in [-0.2, 0) is 11.2 Å². The van der Waals surface area contributed by atoms with Gasteiger partial charge >= 0.3 is 5.97 Å². The molecule has 1 amide bonds. The standard InChI is InChI=1S/C24H23ClN2O4/c1-15(17-7-9-18(10-8-17)24(29)31-3)27-23(28)21-13-19(25)14-26-22(21)12-16-5-4-6-20(11-16)30-2/h4-11,13-15H,12H2,1-3H3,(H,27,28)/t15-/m0/s1. The Labute approximate surface area is 186 Å². The highest BCUT2D eigenvalue weighted by Crippen LogP contribution is 2.21. The molecule has 6 nitrogen and oxygen atoms in total. The van der Waals surface area contributed by atoms with Crippen LogP contribution >= 0.6 is 11.6 Å². The van der Waals surface area contributed by atoms with Crippen LogP contribution in [0.15, 0.2) is 60.8 Å². The fourth-order valence-corrected chi connectivity index (χ4v) is 3.32. The number of benzene rings is 2. The number of ether oxygens (including phenoxy) is 2. The molecule has 1 heterocycles. The minimum absolute atomic E-state index is 0.280. The van der Waals surface area contributed by atoms with E-state index in [-0.39, 0.29) is 11.9 Å². The number of nitrogens with zero attached hydrogens (tertiary/aromatic N) is 1. The van der Waals surface area contributed by atoms with Crippen molar-refractivity contribution >= 4 is 23.5 Å². The van der Waals surface area contributed by atoms with Crippen molar-refractivity contribution in [2.75, 3.05) is 14.2 Å². The van der Waals surface area contributed by atoms with Crippen LogP contribution in [0.25, 0.3) is 0 Å². The van der Waals surface area contributed by atoms with Gasteiger partial charge in [0, 0.05) is 12.6 Å². The second kappa shape index (κ2) is 10.1. The van der Waals surface area contributed by atoms with Gasteiger partial charge in [0.25, 0.3) is 5.91 Å². The van der Waals surface area contributed by atoms with Gasteiger partial charge in [-0.15, -0.1) is 0 Å². The SMILES string of the molecule is COC(=O)c1ccc([C@H](C)NC(=O)c2cc(Cl)cnc2Cc2cccc(OC)c2)cc1. The maximum atomic E-state index is 13.0. The zero-order valence-electron chi connectivity index (χ0n) is 17.5. The molecule has 0 aliphatic rings. The highest BCUT2D eigenvalue weighted by molar-refractivity contribution is 6.30. The fraction of sp³-hybridized carbons (Fsp3) is 0.208. The minimum Gasteiger partial charge on any atom is -0.497 e. The summed E-state index contributed by atoms with van der Waals surface area (Å²) in [7, 11) is 2.94. The molecule has 31 heavy (non-hydrogen) atoms. The van der Waals surface area contributed by atoms with E-state index < -0.39 is 5.97 Å². The molecular formula is C24H23ClN2O4. The minimum atomic E-state index is -0.407. The monoisotopic (exact) mass is 438 g/mol. The summed E-state index contributed by atoms with van der Waals surface area (Å²) in [6, 6.07) is 15.8. The molecule has 3 aromatic rings. The fourth-order valence-electron chi connectivity index (χ4n) is 3.16. The van der Waals surface area contributed by atoms with Crippen molar-refractivity contribution in [2.45, 2.75) is 19.4 Å². The molecule has 0 aliphatic heterocycles. The van der Waals surface area contributed by atoms with Gasteiger partial charge in [-0.25, -0.2) is 4.79 Å². The number of amides is 1. The van der Waals surface area contributed by atoms with Crippen LogP contribution in [-0.4, -0.2) is 31.1 Å². The van der Waals surface area contributed by atoms with Crippen molar-refractivity contribution in [1.82, 2.24) is 10.3 Å². The molecule has 0 bridgehead atoms. The number of halogens is 1. The van der Waals surface area contributed by atoms with E-state index in [0.717, 1.165) is 16.9 Å². The van der Waals surface area contributed by atoms with Crippen LogP contribution in [0.1, 0.15) is 50.5 Å². The van der Waals surface area contributed by atoms with E-state index in [1.807, 2.05) is 31.2 Å². The van der Waals surface area contributed by atoms with Gasteiger partial charge in [0.15, 0.2) is 0 Å². The lowest BCUT2D eigenvalue weighted by molar-refractivity contribution is 0.0600. The Balaban J connectivity index is 1.79. The Bertz CT molecular complexity index is 1080. The molecule has 160 valence electrons. The number of hydrogen-bond acceptors (Lipinski definition) is 5. The molecule has 0 aliphatic carbocycles. The van der Waals surface area contributed by atoms with Crippen molar-refractivity contribution in [2.24, 2.45) is 0 Å². The summed E-state index contributed by atoms with van der Waals surface area (Å²) in [6.45, 7) is 1.87. The third-order valence-corrected chi connectivity index (χ3v) is 5.07. The maximum Gasteiger partial charge on any atom is 0.337 e. The van der Waals surface area contributed by atoms with Crippen molar-refractivity contribution in [3.05, 3.63) is 93.8 Å². The van der Waals surface area contributed by atoms with E-state index in [2.05, 4.69) is 10.3 Å². The zero-order chi connectivity index (χ0) is 22.4. The van der Waals surface area contributed by atoms with Crippen molar-refractivity contribution in [3.8, 4) is 5.75 Å². The summed E-state index contributed by atoms with van der Waals surface area (Å²) in [4.78, 5) is 29.0. The van der Waals surface area contributed by atoms with Gasteiger partial charge in [-0.2, -0.15) is 0 Å². The highest BCUT2D eigenvalue weighted by Gasteiger charge is 2.18. The second-order valence-electron chi connectivity index (χ2n) is 6.98. The zero-order valence-corrected chi connectivity index (χ0v) is 18.3. The molecule has 0 spiro atoms. The van der Waals surface area contributed by atoms with Gasteiger partial charge in [-0.1, -0.05) is 35.9 Å². The number of hydrogen-bond donors (Lipinski definition) is 1. The number of esters is 1. The van der Waals surface area contributed by atoms with E-state index >= 15 is 0 Å². The molecule has 3 rings (SSSR count). The van der Waals surface area contributed by atoms with Crippen LogP contribution in [0.2, 0.25) is 5.02 Å². The van der Waals surface area contributed by atoms with Crippen LogP contribution in [0, 0.1) is 0 Å². The number of methoxy groups -OCH3 is 2. The maximum absolute atomic E-state index is 13.0. The first kappa shape index (κ1) is 22.3. The molecule has 2 aromatic carbocycles. The molecule has 1 atom stereocenters. The first-order valence-electron chi connectivity index (χ1n) is 9.67. The van der Waals surface area contributed by atoms with Gasteiger partial charge < -0.3 is 14.8 Å². The number of carbonyl (C=O) groups excluding carboxylic acids is 2. The smallest absolute Gasteiger partial charge is 0.337 e. The average Bonchev–Trinajstić information content (AvgIpc) is 2.79. The van der Waals surface area contributed by atoms with Crippen LogP contribution in [0.5, 0.6) is 5.75 Å². The van der Waals surface area contributed by atoms with Gasteiger partial charge in [0.1, 0.15) is 5.75 Å². The number of nitrogens with one attached hydrogen (secondary N) is 1. The van der Waals surface area contributed by atoms with E-state index in [4.69, 9.17) is 21.1 Å². The Morgan fingerprint density at radius 2 is 1.84 bits per heavy atom. The third kappa shape index (κ3) is 5.61. The van der Waals surface area contributed by atoms with Gasteiger partial charge in [-0.3, -0.25) is 9.78 Å². The van der Waals surface area contributed by atoms with Crippen LogP contribution < -0.4 is 10.1 Å². The van der Waals surface area contributed by atoms with Crippen molar-refractivity contribution in [3.63, 3.8) is 0 Å². The first-order chi connectivity index (χ1) is 14.9. The number of carbonyl (C=O) groups is 2. The normalized spacial score (nSPS) is 11.5. The average molecular weight is 439 g/mol. The Kier molecular flexibility index (Phi) is 7.26. The largest absolute Gasteiger partial charge is 0.497 e. The Morgan fingerprint density at radius 3 is 2.52 bits per heavy atom. The van der Waals surface area contributed by atoms with E-state index in [9.17, 15) is 9.59 Å². The summed E-state index contributed by atoms with van der Waals surface area (Å²) < 4.78 is 9.98. The second-order valence-corrected chi connectivity index (χ2v) is 7.42. The van der Waals surface area contributed by atoms with E-state index in [0.29, 0.717) is 28.3 Å². The summed E-state index contributed by atoms with van der Waals surface area (Å²) in [5, 5.41) is 3.36. The predicted molar refractivity (Wildman–Crippen MR) is 119 cm³/mol. The third-order valence-electron chi connectivity index (χ3n) is 4.87. The molecule has 0 saturated heterocycles. The molecule has 0 fully saturated rings. The number of pyridine rings is 1. The number of aromatic nitrogens is 1. The summed E-state index contributed by atoms with van der Waals surface area (Å²) in [5.41, 5.74) is 3.29. The van der Waals surface area contributed by atoms with E-state index in [1.54, 1.807) is 37.4 Å². The molecular weight excluding hydrogens is 416 g/mol. The van der Waals surface area contributed by atoms with Gasteiger partial charge in [-0.05, 0) is 48.4 Å².